The van der Waals surface area contributed by atoms with E-state index in [-0.39, 0.29) is 0 Å². The van der Waals surface area contributed by atoms with Crippen molar-refractivity contribution in [1.29, 1.82) is 0 Å². The van der Waals surface area contributed by atoms with Crippen molar-refractivity contribution in [3.63, 3.8) is 0 Å². The molecule has 1 aliphatic heterocycles. The van der Waals surface area contributed by atoms with Gasteiger partial charge in [0, 0.05) is 31.0 Å². The predicted molar refractivity (Wildman–Crippen MR) is 60.3 cm³/mol. The minimum Gasteiger partial charge on any atom is -0.299 e. The third-order valence-electron chi connectivity index (χ3n) is 3.44. The number of rotatable bonds is 2. The maximum Gasteiger partial charge on any atom is 0.115 e. The molecule has 2 heterocycles. The number of hydrogen-bond acceptors (Lipinski definition) is 3. The summed E-state index contributed by atoms with van der Waals surface area (Å²) in [6, 6.07) is 0. The fourth-order valence-electron chi connectivity index (χ4n) is 2.16. The summed E-state index contributed by atoms with van der Waals surface area (Å²) in [7, 11) is 0. The number of aromatic nitrogens is 2. The Morgan fingerprint density at radius 3 is 2.67 bits per heavy atom. The summed E-state index contributed by atoms with van der Waals surface area (Å²) in [5.41, 5.74) is 1.22. The van der Waals surface area contributed by atoms with Crippen LogP contribution in [-0.2, 0) is 6.54 Å². The monoisotopic (exact) mass is 205 g/mol. The van der Waals surface area contributed by atoms with Crippen LogP contribution in [0.3, 0.4) is 0 Å². The first kappa shape index (κ1) is 10.6. The molecular weight excluding hydrogens is 186 g/mol. The van der Waals surface area contributed by atoms with Gasteiger partial charge in [-0.15, -0.1) is 0 Å². The molecule has 82 valence electrons. The molecule has 2 unspecified atom stereocenters. The number of piperidine rings is 1. The molecule has 0 bridgehead atoms. The van der Waals surface area contributed by atoms with Crippen molar-refractivity contribution in [3.05, 3.63) is 24.3 Å². The molecule has 0 spiro atoms. The van der Waals surface area contributed by atoms with Gasteiger partial charge in [0.05, 0.1) is 0 Å². The highest BCUT2D eigenvalue weighted by Gasteiger charge is 2.22. The van der Waals surface area contributed by atoms with Gasteiger partial charge in [-0.1, -0.05) is 13.8 Å². The number of likely N-dealkylation sites (tertiary alicyclic amines) is 1. The van der Waals surface area contributed by atoms with Crippen LogP contribution >= 0.6 is 0 Å². The summed E-state index contributed by atoms with van der Waals surface area (Å²) in [5, 5.41) is 0. The molecule has 0 aliphatic carbocycles. The minimum absolute atomic E-state index is 0.809. The maximum absolute atomic E-state index is 4.05. The van der Waals surface area contributed by atoms with E-state index in [1.165, 1.54) is 25.1 Å². The molecule has 0 amide bonds. The van der Waals surface area contributed by atoms with Gasteiger partial charge in [-0.25, -0.2) is 9.97 Å². The molecule has 0 radical (unpaired) electrons. The molecule has 1 saturated heterocycles. The van der Waals surface area contributed by atoms with E-state index in [2.05, 4.69) is 28.7 Å². The third kappa shape index (κ3) is 2.75. The predicted octanol–water partition coefficient (Wildman–Crippen LogP) is 1.95. The Bertz CT molecular complexity index is 299. The lowest BCUT2D eigenvalue weighted by atomic mass is 9.88. The maximum atomic E-state index is 4.05. The van der Waals surface area contributed by atoms with E-state index in [1.54, 1.807) is 6.33 Å². The summed E-state index contributed by atoms with van der Waals surface area (Å²) in [6.45, 7) is 8.11. The Labute approximate surface area is 91.5 Å². The van der Waals surface area contributed by atoms with Crippen LogP contribution in [0.1, 0.15) is 25.8 Å². The highest BCUT2D eigenvalue weighted by Crippen LogP contribution is 2.23. The average Bonchev–Trinajstić information content (AvgIpc) is 2.25. The van der Waals surface area contributed by atoms with Crippen molar-refractivity contribution in [3.8, 4) is 0 Å². The van der Waals surface area contributed by atoms with Gasteiger partial charge >= 0.3 is 0 Å². The first-order chi connectivity index (χ1) is 7.25. The van der Waals surface area contributed by atoms with Crippen molar-refractivity contribution in [2.24, 2.45) is 11.8 Å². The number of nitrogens with zero attached hydrogens (tertiary/aromatic N) is 3. The summed E-state index contributed by atoms with van der Waals surface area (Å²) in [5.74, 6) is 1.68. The lowest BCUT2D eigenvalue weighted by molar-refractivity contribution is 0.132. The molecular formula is C12H19N3. The second-order valence-corrected chi connectivity index (χ2v) is 4.73. The normalized spacial score (nSPS) is 27.9. The molecule has 1 fully saturated rings. The topological polar surface area (TPSA) is 29.0 Å². The Morgan fingerprint density at radius 1 is 1.27 bits per heavy atom. The number of hydrogen-bond donors (Lipinski definition) is 0. The van der Waals surface area contributed by atoms with Gasteiger partial charge in [0.2, 0.25) is 0 Å². The lowest BCUT2D eigenvalue weighted by Gasteiger charge is -2.35. The van der Waals surface area contributed by atoms with Crippen molar-refractivity contribution in [2.75, 3.05) is 13.1 Å². The van der Waals surface area contributed by atoms with Crippen LogP contribution < -0.4 is 0 Å². The molecule has 2 rings (SSSR count). The molecule has 1 aliphatic rings. The summed E-state index contributed by atoms with van der Waals surface area (Å²) < 4.78 is 0. The lowest BCUT2D eigenvalue weighted by Crippen LogP contribution is -2.37. The summed E-state index contributed by atoms with van der Waals surface area (Å²) >= 11 is 0. The zero-order valence-electron chi connectivity index (χ0n) is 9.56. The Hall–Kier alpha value is -0.960. The Kier molecular flexibility index (Phi) is 3.31. The van der Waals surface area contributed by atoms with Gasteiger partial charge in [-0.2, -0.15) is 0 Å². The fraction of sp³-hybridized carbons (Fsp3) is 0.667. The molecule has 1 aromatic rings. The van der Waals surface area contributed by atoms with Gasteiger partial charge in [-0.05, 0) is 24.8 Å². The van der Waals surface area contributed by atoms with Gasteiger partial charge < -0.3 is 0 Å². The fourth-order valence-corrected chi connectivity index (χ4v) is 2.16. The zero-order chi connectivity index (χ0) is 10.7. The van der Waals surface area contributed by atoms with E-state index in [1.807, 2.05) is 12.4 Å². The van der Waals surface area contributed by atoms with Crippen molar-refractivity contribution in [1.82, 2.24) is 14.9 Å². The third-order valence-corrected chi connectivity index (χ3v) is 3.44. The van der Waals surface area contributed by atoms with Gasteiger partial charge in [0.1, 0.15) is 6.33 Å². The van der Waals surface area contributed by atoms with Gasteiger partial charge in [0.15, 0.2) is 0 Å². The standard InChI is InChI=1S/C12H19N3/c1-10-3-4-15(7-11(10)2)8-12-5-13-9-14-6-12/h5-6,9-11H,3-4,7-8H2,1-2H3. The van der Waals surface area contributed by atoms with E-state index in [9.17, 15) is 0 Å². The van der Waals surface area contributed by atoms with Crippen LogP contribution in [0.2, 0.25) is 0 Å². The summed E-state index contributed by atoms with van der Waals surface area (Å²) in [4.78, 5) is 10.6. The van der Waals surface area contributed by atoms with Crippen LogP contribution in [0.15, 0.2) is 18.7 Å². The second kappa shape index (κ2) is 4.71. The molecule has 3 heteroatoms. The van der Waals surface area contributed by atoms with Crippen LogP contribution in [0.25, 0.3) is 0 Å². The smallest absolute Gasteiger partial charge is 0.115 e. The van der Waals surface area contributed by atoms with Gasteiger partial charge in [-0.3, -0.25) is 4.90 Å². The van der Waals surface area contributed by atoms with Crippen molar-refractivity contribution in [2.45, 2.75) is 26.8 Å². The largest absolute Gasteiger partial charge is 0.299 e. The first-order valence-electron chi connectivity index (χ1n) is 5.72. The Morgan fingerprint density at radius 2 is 2.00 bits per heavy atom. The van der Waals surface area contributed by atoms with E-state index >= 15 is 0 Å². The molecule has 0 N–H and O–H groups in total. The van der Waals surface area contributed by atoms with Crippen LogP contribution in [0, 0.1) is 11.8 Å². The van der Waals surface area contributed by atoms with Gasteiger partial charge in [0.25, 0.3) is 0 Å². The average molecular weight is 205 g/mol. The van der Waals surface area contributed by atoms with E-state index in [0.29, 0.717) is 0 Å². The van der Waals surface area contributed by atoms with E-state index in [0.717, 1.165) is 18.4 Å². The molecule has 15 heavy (non-hydrogen) atoms. The zero-order valence-corrected chi connectivity index (χ0v) is 9.56. The van der Waals surface area contributed by atoms with Crippen LogP contribution in [0.5, 0.6) is 0 Å². The molecule has 0 saturated carbocycles. The highest BCUT2D eigenvalue weighted by molar-refractivity contribution is 5.02. The molecule has 2 atom stereocenters. The van der Waals surface area contributed by atoms with Crippen molar-refractivity contribution < 1.29 is 0 Å². The van der Waals surface area contributed by atoms with E-state index in [4.69, 9.17) is 0 Å². The SMILES string of the molecule is CC1CCN(Cc2cncnc2)CC1C. The molecule has 0 aromatic carbocycles. The first-order valence-corrected chi connectivity index (χ1v) is 5.72. The molecule has 1 aromatic heterocycles. The van der Waals surface area contributed by atoms with Crippen molar-refractivity contribution >= 4 is 0 Å². The van der Waals surface area contributed by atoms with Crippen LogP contribution in [0.4, 0.5) is 0 Å². The highest BCUT2D eigenvalue weighted by atomic mass is 15.1. The van der Waals surface area contributed by atoms with E-state index < -0.39 is 0 Å². The minimum atomic E-state index is 0.809. The van der Waals surface area contributed by atoms with Crippen LogP contribution in [-0.4, -0.2) is 28.0 Å². The second-order valence-electron chi connectivity index (χ2n) is 4.73. The quantitative estimate of drug-likeness (QED) is 0.739. The summed E-state index contributed by atoms with van der Waals surface area (Å²) in [6.07, 6.45) is 6.73. The molecule has 3 nitrogen and oxygen atoms in total. The Balaban J connectivity index is 1.91.